The van der Waals surface area contributed by atoms with Crippen molar-refractivity contribution in [2.24, 2.45) is 5.92 Å². The number of hydrogen-bond donors (Lipinski definition) is 3. The zero-order valence-electron chi connectivity index (χ0n) is 32.1. The molecule has 0 unspecified atom stereocenters. The van der Waals surface area contributed by atoms with Gasteiger partial charge in [-0.1, -0.05) is 151 Å². The summed E-state index contributed by atoms with van der Waals surface area (Å²) in [5, 5.41) is 12.0. The first kappa shape index (κ1) is 36.2. The van der Waals surface area contributed by atoms with Gasteiger partial charge in [0.25, 0.3) is 0 Å². The van der Waals surface area contributed by atoms with E-state index in [9.17, 15) is 5.11 Å². The van der Waals surface area contributed by atoms with Crippen molar-refractivity contribution in [1.82, 2.24) is 19.9 Å². The van der Waals surface area contributed by atoms with E-state index in [0.717, 1.165) is 97.0 Å². The van der Waals surface area contributed by atoms with Crippen LogP contribution in [0.5, 0.6) is 0 Å². The Bertz CT molecular complexity index is 2400. The van der Waals surface area contributed by atoms with Gasteiger partial charge in [-0.2, -0.15) is 0 Å². The van der Waals surface area contributed by atoms with Gasteiger partial charge >= 0.3 is 0 Å². The lowest BCUT2D eigenvalue weighted by Gasteiger charge is -2.42. The van der Waals surface area contributed by atoms with Gasteiger partial charge in [-0.25, -0.2) is 9.97 Å². The molecule has 8 aromatic rings. The molecule has 0 bridgehead atoms. The molecular weight excluding hydrogens is 701 g/mol. The quantitative estimate of drug-likeness (QED) is 0.151. The fraction of sp³-hybridized carbons (Fsp3) is 0.200. The number of anilines is 2. The molecule has 0 aliphatic carbocycles. The molecule has 2 fully saturated rings. The minimum absolute atomic E-state index is 0.146. The second-order valence-corrected chi connectivity index (χ2v) is 15.1. The van der Waals surface area contributed by atoms with Crippen LogP contribution in [0.3, 0.4) is 0 Å². The van der Waals surface area contributed by atoms with Crippen LogP contribution in [0.25, 0.3) is 27.6 Å². The lowest BCUT2D eigenvalue weighted by Crippen LogP contribution is -2.44. The van der Waals surface area contributed by atoms with E-state index in [-0.39, 0.29) is 5.92 Å². The van der Waals surface area contributed by atoms with Crippen LogP contribution in [-0.2, 0) is 5.60 Å². The number of aromatic nitrogens is 4. The number of piperidine rings is 2. The van der Waals surface area contributed by atoms with Crippen LogP contribution in [-0.4, -0.2) is 51.2 Å². The summed E-state index contributed by atoms with van der Waals surface area (Å²) in [5.74, 6) is 2.06. The third-order valence-corrected chi connectivity index (χ3v) is 11.7. The van der Waals surface area contributed by atoms with Crippen LogP contribution >= 0.6 is 0 Å². The fourth-order valence-corrected chi connectivity index (χ4v) is 8.73. The molecule has 0 spiro atoms. The van der Waals surface area contributed by atoms with Gasteiger partial charge in [-0.05, 0) is 83.7 Å². The molecule has 10 rings (SSSR count). The Hall–Kier alpha value is -6.44. The summed E-state index contributed by atoms with van der Waals surface area (Å²) < 4.78 is 0. The third-order valence-electron chi connectivity index (χ3n) is 11.7. The van der Waals surface area contributed by atoms with Crippen molar-refractivity contribution < 1.29 is 5.11 Å². The summed E-state index contributed by atoms with van der Waals surface area (Å²) in [5.41, 5.74) is 10.7. The van der Waals surface area contributed by atoms with Gasteiger partial charge in [0.15, 0.2) is 0 Å². The Kier molecular flexibility index (Phi) is 10.4. The number of hydrogen-bond acceptors (Lipinski definition) is 5. The molecule has 6 aromatic carbocycles. The number of aliphatic hydroxyl groups is 1. The van der Waals surface area contributed by atoms with E-state index in [2.05, 4.69) is 98.6 Å². The minimum Gasteiger partial charge on any atom is -0.380 e. The third kappa shape index (κ3) is 7.59. The molecule has 2 aliphatic rings. The van der Waals surface area contributed by atoms with E-state index < -0.39 is 5.60 Å². The van der Waals surface area contributed by atoms with Crippen LogP contribution in [0.15, 0.2) is 175 Å². The highest BCUT2D eigenvalue weighted by Gasteiger charge is 2.41. The predicted octanol–water partition coefficient (Wildman–Crippen LogP) is 10.4. The molecule has 57 heavy (non-hydrogen) atoms. The van der Waals surface area contributed by atoms with Crippen molar-refractivity contribution in [2.75, 3.05) is 36.0 Å². The van der Waals surface area contributed by atoms with E-state index in [4.69, 9.17) is 9.97 Å². The smallest absolute Gasteiger partial charge is 0.203 e. The Morgan fingerprint density at radius 3 is 1.32 bits per heavy atom. The van der Waals surface area contributed by atoms with E-state index in [1.54, 1.807) is 0 Å². The number of nitrogens with one attached hydrogen (secondary N) is 2. The summed E-state index contributed by atoms with van der Waals surface area (Å²) in [6, 6.07) is 58.1. The summed E-state index contributed by atoms with van der Waals surface area (Å²) in [7, 11) is 0. The minimum atomic E-state index is -0.984. The maximum atomic E-state index is 12.0. The monoisotopic (exact) mass is 748 g/mol. The molecule has 0 atom stereocenters. The van der Waals surface area contributed by atoms with Gasteiger partial charge < -0.3 is 24.9 Å². The number of fused-ring (bicyclic) bond motifs is 2. The first-order valence-electron chi connectivity index (χ1n) is 20.2. The second-order valence-electron chi connectivity index (χ2n) is 15.1. The lowest BCUT2D eigenvalue weighted by atomic mass is 9.72. The van der Waals surface area contributed by atoms with E-state index >= 15 is 0 Å². The predicted molar refractivity (Wildman–Crippen MR) is 233 cm³/mol. The molecule has 7 heteroatoms. The molecule has 2 aromatic heterocycles. The van der Waals surface area contributed by atoms with Crippen LogP contribution < -0.4 is 9.80 Å². The second kappa shape index (κ2) is 16.3. The SMILES string of the molecule is OC(c1ccccc1)(c1ccccc1)C1CCN(c2nc3ccccc3[nH]2)CC1.c1ccc(C(=C2CCN(c3nc4ccccc4[nH]3)CC2)c2ccccc2)cc1. The van der Waals surface area contributed by atoms with Crippen molar-refractivity contribution in [3.63, 3.8) is 0 Å². The van der Waals surface area contributed by atoms with Gasteiger partial charge in [0.05, 0.1) is 22.1 Å². The highest BCUT2D eigenvalue weighted by atomic mass is 16.3. The molecule has 2 aliphatic heterocycles. The Balaban J connectivity index is 0.000000148. The zero-order valence-corrected chi connectivity index (χ0v) is 32.1. The molecule has 284 valence electrons. The highest BCUT2D eigenvalue weighted by molar-refractivity contribution is 5.83. The highest BCUT2D eigenvalue weighted by Crippen LogP contribution is 2.42. The maximum Gasteiger partial charge on any atom is 0.203 e. The lowest BCUT2D eigenvalue weighted by molar-refractivity contribution is 0.00495. The molecule has 2 saturated heterocycles. The number of imidazole rings is 2. The number of benzene rings is 6. The van der Waals surface area contributed by atoms with E-state index in [1.165, 1.54) is 22.3 Å². The number of rotatable bonds is 7. The molecule has 0 radical (unpaired) electrons. The average molecular weight is 749 g/mol. The van der Waals surface area contributed by atoms with E-state index in [1.807, 2.05) is 91.0 Å². The summed E-state index contributed by atoms with van der Waals surface area (Å²) in [6.07, 6.45) is 3.90. The van der Waals surface area contributed by atoms with Crippen LogP contribution in [0.2, 0.25) is 0 Å². The van der Waals surface area contributed by atoms with Gasteiger partial charge in [-0.3, -0.25) is 0 Å². The largest absolute Gasteiger partial charge is 0.380 e. The summed E-state index contributed by atoms with van der Waals surface area (Å²) in [4.78, 5) is 21.1. The number of aromatic amines is 2. The normalized spacial score (nSPS) is 15.1. The molecule has 0 saturated carbocycles. The first-order chi connectivity index (χ1) is 28.1. The molecule has 4 heterocycles. The number of para-hydroxylation sites is 4. The fourth-order valence-electron chi connectivity index (χ4n) is 8.73. The molecule has 7 nitrogen and oxygen atoms in total. The van der Waals surface area contributed by atoms with Crippen molar-refractivity contribution in [2.45, 2.75) is 31.3 Å². The number of H-pyrrole nitrogens is 2. The molecule has 0 amide bonds. The van der Waals surface area contributed by atoms with E-state index in [0.29, 0.717) is 0 Å². The van der Waals surface area contributed by atoms with Crippen LogP contribution in [0.4, 0.5) is 11.9 Å². The van der Waals surface area contributed by atoms with Crippen LogP contribution in [0.1, 0.15) is 47.9 Å². The average Bonchev–Trinajstić information content (AvgIpc) is 3.94. The Morgan fingerprint density at radius 2 is 0.877 bits per heavy atom. The summed E-state index contributed by atoms with van der Waals surface area (Å²) in [6.45, 7) is 3.70. The number of nitrogens with zero attached hydrogens (tertiary/aromatic N) is 4. The van der Waals surface area contributed by atoms with Crippen molar-refractivity contribution in [3.8, 4) is 0 Å². The Labute approximate surface area is 334 Å². The molecule has 3 N–H and O–H groups in total. The van der Waals surface area contributed by atoms with Crippen molar-refractivity contribution in [3.05, 3.63) is 198 Å². The zero-order chi connectivity index (χ0) is 38.4. The van der Waals surface area contributed by atoms with Gasteiger partial charge in [-0.15, -0.1) is 0 Å². The standard InChI is InChI=1S/C25H25N3O.C25H23N3/c29-25(19-9-3-1-4-10-19,20-11-5-2-6-12-20)21-15-17-28(18-16-21)24-26-22-13-7-8-14-23(22)27-24;1-3-9-19(10-4-1)24(20-11-5-2-6-12-20)21-15-17-28(18-16-21)25-26-22-13-7-8-14-23(22)27-25/h1-14,21,29H,15-18H2,(H,26,27);1-14H,15-18H2,(H,26,27). The summed E-state index contributed by atoms with van der Waals surface area (Å²) >= 11 is 0. The Morgan fingerprint density at radius 1 is 0.491 bits per heavy atom. The topological polar surface area (TPSA) is 84.1 Å². The van der Waals surface area contributed by atoms with Crippen molar-refractivity contribution in [1.29, 1.82) is 0 Å². The first-order valence-corrected chi connectivity index (χ1v) is 20.2. The van der Waals surface area contributed by atoms with Crippen molar-refractivity contribution >= 4 is 39.5 Å². The van der Waals surface area contributed by atoms with Gasteiger partial charge in [0, 0.05) is 26.2 Å². The molecular formula is C50H48N6O. The van der Waals surface area contributed by atoms with Gasteiger partial charge in [0.2, 0.25) is 11.9 Å². The van der Waals surface area contributed by atoms with Gasteiger partial charge in [0.1, 0.15) is 5.60 Å². The maximum absolute atomic E-state index is 12.0. The van der Waals surface area contributed by atoms with Crippen LogP contribution in [0, 0.1) is 5.92 Å².